The molecular weight excluding hydrogens is 671 g/mol. The van der Waals surface area contributed by atoms with Gasteiger partial charge in [0.1, 0.15) is 6.61 Å². The molecule has 1 aliphatic heterocycles. The maximum atomic E-state index is 12.9. The molecule has 0 atom stereocenters. The van der Waals surface area contributed by atoms with Gasteiger partial charge < -0.3 is 14.6 Å². The largest absolute Gasteiger partial charge is 0.490 e. The number of rotatable bonds is 8. The van der Waals surface area contributed by atoms with Gasteiger partial charge in [0, 0.05) is 11.5 Å². The van der Waals surface area contributed by atoms with Crippen molar-refractivity contribution < 1.29 is 24.2 Å². The molecule has 0 aromatic heterocycles. The van der Waals surface area contributed by atoms with E-state index < -0.39 is 5.97 Å². The molecule has 0 radical (unpaired) electrons. The summed E-state index contributed by atoms with van der Waals surface area (Å²) < 4.78 is 13.9. The first-order valence-electron chi connectivity index (χ1n) is 11.2. The highest BCUT2D eigenvalue weighted by atomic mass is 127. The summed E-state index contributed by atoms with van der Waals surface area (Å²) in [6.07, 6.45) is 1.81. The smallest absolute Gasteiger partial charge is 0.335 e. The number of aromatic carboxylic acids is 1. The van der Waals surface area contributed by atoms with E-state index in [1.165, 1.54) is 28.8 Å². The van der Waals surface area contributed by atoms with Gasteiger partial charge in [0.05, 0.1) is 26.3 Å². The lowest BCUT2D eigenvalue weighted by molar-refractivity contribution is -0.121. The van der Waals surface area contributed by atoms with Crippen LogP contribution in [0.2, 0.25) is 0 Å². The van der Waals surface area contributed by atoms with Crippen LogP contribution in [0.1, 0.15) is 28.4 Å². The molecule has 1 amide bonds. The molecule has 3 aromatic carbocycles. The number of nitrogens with zero attached hydrogens (tertiary/aromatic N) is 2. The minimum atomic E-state index is -1.00. The molecule has 0 aliphatic carbocycles. The zero-order chi connectivity index (χ0) is 26.5. The number of benzene rings is 3. The SMILES string of the molecule is CCOc1cc(/C=C2\SC(=Nc3ccc(C(=O)O)cc3)N(C)C2=O)cc(I)c1OCc1ccc(Br)cc1. The van der Waals surface area contributed by atoms with Gasteiger partial charge in [-0.15, -0.1) is 0 Å². The average Bonchev–Trinajstić information content (AvgIpc) is 3.12. The molecule has 1 N–H and O–H groups in total. The Kier molecular flexibility index (Phi) is 8.93. The van der Waals surface area contributed by atoms with E-state index in [1.807, 2.05) is 49.4 Å². The molecule has 1 fully saturated rings. The minimum Gasteiger partial charge on any atom is -0.490 e. The summed E-state index contributed by atoms with van der Waals surface area (Å²) in [7, 11) is 1.66. The standard InChI is InChI=1S/C27H22BrIN2O5S/c1-3-35-22-13-17(12-21(29)24(22)36-15-16-4-8-19(28)9-5-16)14-23-25(32)31(2)27(37-23)30-20-10-6-18(7-11-20)26(33)34/h4-14H,3,15H2,1-2H3,(H,33,34)/b23-14-,30-27?. The van der Waals surface area contributed by atoms with Crippen molar-refractivity contribution in [2.24, 2.45) is 4.99 Å². The van der Waals surface area contributed by atoms with Crippen LogP contribution in [0.15, 0.2) is 75.0 Å². The number of carbonyl (C=O) groups excluding carboxylic acids is 1. The van der Waals surface area contributed by atoms with E-state index in [1.54, 1.807) is 19.2 Å². The third-order valence-electron chi connectivity index (χ3n) is 5.27. The van der Waals surface area contributed by atoms with E-state index in [2.05, 4.69) is 43.5 Å². The van der Waals surface area contributed by atoms with Crippen LogP contribution >= 0.6 is 50.3 Å². The van der Waals surface area contributed by atoms with Crippen LogP contribution in [-0.4, -0.2) is 40.7 Å². The van der Waals surface area contributed by atoms with Gasteiger partial charge in [-0.25, -0.2) is 9.79 Å². The topological polar surface area (TPSA) is 88.4 Å². The molecule has 1 heterocycles. The molecule has 3 aromatic rings. The third kappa shape index (κ3) is 6.74. The average molecular weight is 693 g/mol. The summed E-state index contributed by atoms with van der Waals surface area (Å²) in [5, 5.41) is 9.58. The van der Waals surface area contributed by atoms with Crippen molar-refractivity contribution in [3.05, 3.63) is 90.3 Å². The number of ether oxygens (including phenoxy) is 2. The number of carboxylic acid groups (broad SMARTS) is 1. The fourth-order valence-corrected chi connectivity index (χ4v) is 5.43. The summed E-state index contributed by atoms with van der Waals surface area (Å²) >= 11 is 6.91. The lowest BCUT2D eigenvalue weighted by Gasteiger charge is -2.15. The number of hydrogen-bond donors (Lipinski definition) is 1. The molecule has 4 rings (SSSR count). The number of halogens is 2. The van der Waals surface area contributed by atoms with Crippen LogP contribution in [0.4, 0.5) is 5.69 Å². The molecule has 1 saturated heterocycles. The van der Waals surface area contributed by atoms with E-state index in [9.17, 15) is 9.59 Å². The first kappa shape index (κ1) is 27.2. The van der Waals surface area contributed by atoms with E-state index in [0.717, 1.165) is 19.2 Å². The van der Waals surface area contributed by atoms with Crippen LogP contribution in [0.5, 0.6) is 11.5 Å². The number of thioether (sulfide) groups is 1. The summed E-state index contributed by atoms with van der Waals surface area (Å²) in [5.74, 6) is 0.0869. The van der Waals surface area contributed by atoms with Crippen molar-refractivity contribution >= 4 is 79.1 Å². The summed E-state index contributed by atoms with van der Waals surface area (Å²) in [6, 6.07) is 17.9. The Hall–Kier alpha value is -2.83. The Morgan fingerprint density at radius 1 is 1.14 bits per heavy atom. The number of aliphatic imine (C=N–C) groups is 1. The number of hydrogen-bond acceptors (Lipinski definition) is 6. The van der Waals surface area contributed by atoms with Crippen LogP contribution in [0.3, 0.4) is 0 Å². The van der Waals surface area contributed by atoms with Gasteiger partial charge in [-0.2, -0.15) is 0 Å². The number of carboxylic acids is 1. The zero-order valence-corrected chi connectivity index (χ0v) is 24.5. The highest BCUT2D eigenvalue weighted by molar-refractivity contribution is 14.1. The van der Waals surface area contributed by atoms with Crippen molar-refractivity contribution in [3.8, 4) is 11.5 Å². The van der Waals surface area contributed by atoms with E-state index in [4.69, 9.17) is 14.6 Å². The molecule has 0 spiro atoms. The Bertz CT molecular complexity index is 1390. The minimum absolute atomic E-state index is 0.172. The fraction of sp³-hybridized carbons (Fsp3) is 0.148. The van der Waals surface area contributed by atoms with Crippen LogP contribution in [-0.2, 0) is 11.4 Å². The number of amides is 1. The predicted octanol–water partition coefficient (Wildman–Crippen LogP) is 6.96. The highest BCUT2D eigenvalue weighted by Gasteiger charge is 2.30. The zero-order valence-electron chi connectivity index (χ0n) is 19.9. The van der Waals surface area contributed by atoms with Crippen molar-refractivity contribution in [2.75, 3.05) is 13.7 Å². The van der Waals surface area contributed by atoms with Gasteiger partial charge >= 0.3 is 5.97 Å². The van der Waals surface area contributed by atoms with Crippen molar-refractivity contribution in [1.82, 2.24) is 4.90 Å². The number of amidine groups is 1. The van der Waals surface area contributed by atoms with Gasteiger partial charge in [-0.05, 0) is 107 Å². The lowest BCUT2D eigenvalue weighted by Crippen LogP contribution is -2.23. The predicted molar refractivity (Wildman–Crippen MR) is 158 cm³/mol. The van der Waals surface area contributed by atoms with Crippen LogP contribution in [0, 0.1) is 3.57 Å². The van der Waals surface area contributed by atoms with E-state index in [0.29, 0.717) is 40.5 Å². The normalized spacial score (nSPS) is 15.5. The maximum Gasteiger partial charge on any atom is 0.335 e. The highest BCUT2D eigenvalue weighted by Crippen LogP contribution is 2.38. The Labute approximate surface area is 240 Å². The number of carbonyl (C=O) groups is 2. The first-order chi connectivity index (χ1) is 17.7. The Balaban J connectivity index is 1.57. The van der Waals surface area contributed by atoms with Crippen LogP contribution < -0.4 is 9.47 Å². The molecule has 0 unspecified atom stereocenters. The second-order valence-electron chi connectivity index (χ2n) is 7.90. The van der Waals surface area contributed by atoms with Gasteiger partial charge in [0.2, 0.25) is 0 Å². The molecule has 1 aliphatic rings. The second-order valence-corrected chi connectivity index (χ2v) is 11.0. The van der Waals surface area contributed by atoms with Crippen LogP contribution in [0.25, 0.3) is 6.08 Å². The monoisotopic (exact) mass is 692 g/mol. The van der Waals surface area contributed by atoms with Gasteiger partial charge in [0.15, 0.2) is 16.7 Å². The first-order valence-corrected chi connectivity index (χ1v) is 13.9. The maximum absolute atomic E-state index is 12.9. The number of likely N-dealkylation sites (N-methyl/N-ethyl adjacent to an activating group) is 1. The van der Waals surface area contributed by atoms with Crippen molar-refractivity contribution in [2.45, 2.75) is 13.5 Å². The molecule has 7 nitrogen and oxygen atoms in total. The summed E-state index contributed by atoms with van der Waals surface area (Å²) in [6.45, 7) is 2.78. The molecule has 0 bridgehead atoms. The quantitative estimate of drug-likeness (QED) is 0.203. The van der Waals surface area contributed by atoms with E-state index >= 15 is 0 Å². The lowest BCUT2D eigenvalue weighted by atomic mass is 10.1. The molecule has 37 heavy (non-hydrogen) atoms. The van der Waals surface area contributed by atoms with Crippen molar-refractivity contribution in [3.63, 3.8) is 0 Å². The molecule has 10 heteroatoms. The van der Waals surface area contributed by atoms with Gasteiger partial charge in [0.25, 0.3) is 5.91 Å². The van der Waals surface area contributed by atoms with Gasteiger partial charge in [-0.3, -0.25) is 9.69 Å². The second kappa shape index (κ2) is 12.1. The Morgan fingerprint density at radius 2 is 1.84 bits per heavy atom. The molecule has 0 saturated carbocycles. The fourth-order valence-electron chi connectivity index (χ4n) is 3.40. The summed E-state index contributed by atoms with van der Waals surface area (Å²) in [5.41, 5.74) is 2.58. The summed E-state index contributed by atoms with van der Waals surface area (Å²) in [4.78, 5) is 30.5. The molecule has 190 valence electrons. The molecular formula is C27H22BrIN2O5S. The Morgan fingerprint density at radius 3 is 2.49 bits per heavy atom. The van der Waals surface area contributed by atoms with Crippen molar-refractivity contribution in [1.29, 1.82) is 0 Å². The third-order valence-corrected chi connectivity index (χ3v) is 7.66. The van der Waals surface area contributed by atoms with Gasteiger partial charge in [-0.1, -0.05) is 28.1 Å². The van der Waals surface area contributed by atoms with E-state index in [-0.39, 0.29) is 11.5 Å².